The zero-order valence-corrected chi connectivity index (χ0v) is 11.9. The number of rotatable bonds is 5. The van der Waals surface area contributed by atoms with Gasteiger partial charge in [0.05, 0.1) is 0 Å². The third kappa shape index (κ3) is 3.85. The fourth-order valence-electron chi connectivity index (χ4n) is 2.11. The summed E-state index contributed by atoms with van der Waals surface area (Å²) in [4.78, 5) is 1.31. The normalized spacial score (nSPS) is 12.6. The summed E-state index contributed by atoms with van der Waals surface area (Å²) in [5, 5.41) is 5.45. The van der Waals surface area contributed by atoms with Gasteiger partial charge in [0.15, 0.2) is 0 Å². The van der Waals surface area contributed by atoms with Crippen molar-refractivity contribution in [2.75, 3.05) is 6.54 Å². The Labute approximate surface area is 116 Å². The maximum atomic E-state index is 13.0. The second-order valence-electron chi connectivity index (χ2n) is 4.67. The van der Waals surface area contributed by atoms with E-state index >= 15 is 0 Å². The minimum absolute atomic E-state index is 0.262. The molecule has 0 aliphatic carbocycles. The van der Waals surface area contributed by atoms with Crippen molar-refractivity contribution < 1.29 is 8.78 Å². The summed E-state index contributed by atoms with van der Waals surface area (Å²) < 4.78 is 26.1. The lowest BCUT2D eigenvalue weighted by atomic mass is 10.1. The first kappa shape index (κ1) is 14.2. The lowest BCUT2D eigenvalue weighted by Gasteiger charge is -2.13. The van der Waals surface area contributed by atoms with Crippen LogP contribution in [0.15, 0.2) is 29.6 Å². The topological polar surface area (TPSA) is 12.0 Å². The summed E-state index contributed by atoms with van der Waals surface area (Å²) in [6.07, 6.45) is 0.615. The highest BCUT2D eigenvalue weighted by Gasteiger charge is 2.09. The van der Waals surface area contributed by atoms with Gasteiger partial charge in [0.1, 0.15) is 11.6 Å². The van der Waals surface area contributed by atoms with Crippen LogP contribution in [-0.4, -0.2) is 6.54 Å². The standard InChI is InChI=1S/C15H17F2NS/c1-10-4-6-19-15(10)11(2)18-5-3-12-7-13(16)9-14(17)8-12/h4,6-9,11,18H,3,5H2,1-2H3. The summed E-state index contributed by atoms with van der Waals surface area (Å²) >= 11 is 1.73. The van der Waals surface area contributed by atoms with Crippen LogP contribution in [0.2, 0.25) is 0 Å². The molecule has 0 saturated heterocycles. The van der Waals surface area contributed by atoms with Gasteiger partial charge in [-0.2, -0.15) is 0 Å². The van der Waals surface area contributed by atoms with Gasteiger partial charge in [0.2, 0.25) is 0 Å². The minimum atomic E-state index is -0.517. The molecule has 4 heteroatoms. The molecule has 0 spiro atoms. The highest BCUT2D eigenvalue weighted by molar-refractivity contribution is 7.10. The third-order valence-electron chi connectivity index (χ3n) is 3.08. The van der Waals surface area contributed by atoms with E-state index in [1.54, 1.807) is 11.3 Å². The SMILES string of the molecule is Cc1ccsc1C(C)NCCc1cc(F)cc(F)c1. The van der Waals surface area contributed by atoms with Gasteiger partial charge in [-0.25, -0.2) is 8.78 Å². The summed E-state index contributed by atoms with van der Waals surface area (Å²) in [6.45, 7) is 4.89. The van der Waals surface area contributed by atoms with Crippen molar-refractivity contribution in [2.45, 2.75) is 26.3 Å². The van der Waals surface area contributed by atoms with E-state index in [1.807, 2.05) is 0 Å². The van der Waals surface area contributed by atoms with Crippen molar-refractivity contribution in [3.63, 3.8) is 0 Å². The number of thiophene rings is 1. The second kappa shape index (κ2) is 6.26. The molecule has 0 saturated carbocycles. The lowest BCUT2D eigenvalue weighted by molar-refractivity contribution is 0.566. The molecular formula is C15H17F2NS. The predicted octanol–water partition coefficient (Wildman–Crippen LogP) is 4.23. The molecule has 19 heavy (non-hydrogen) atoms. The first-order valence-corrected chi connectivity index (χ1v) is 7.16. The van der Waals surface area contributed by atoms with Crippen LogP contribution in [0.4, 0.5) is 8.78 Å². The molecule has 1 nitrogen and oxygen atoms in total. The molecule has 2 aromatic rings. The van der Waals surface area contributed by atoms with Gasteiger partial charge < -0.3 is 5.32 Å². The number of hydrogen-bond acceptors (Lipinski definition) is 2. The van der Waals surface area contributed by atoms with Crippen LogP contribution in [0.1, 0.15) is 29.0 Å². The Morgan fingerprint density at radius 1 is 1.21 bits per heavy atom. The van der Waals surface area contributed by atoms with Crippen LogP contribution in [0.3, 0.4) is 0 Å². The molecule has 0 radical (unpaired) electrons. The van der Waals surface area contributed by atoms with Crippen LogP contribution in [0.5, 0.6) is 0 Å². The number of aryl methyl sites for hydroxylation is 1. The monoisotopic (exact) mass is 281 g/mol. The first-order chi connectivity index (χ1) is 9.06. The Balaban J connectivity index is 1.88. The maximum absolute atomic E-state index is 13.0. The Kier molecular flexibility index (Phi) is 4.66. The average Bonchev–Trinajstić information content (AvgIpc) is 2.74. The Morgan fingerprint density at radius 3 is 2.47 bits per heavy atom. The number of halogens is 2. The van der Waals surface area contributed by atoms with Gasteiger partial charge in [0.25, 0.3) is 0 Å². The van der Waals surface area contributed by atoms with Gasteiger partial charge in [-0.3, -0.25) is 0 Å². The fraction of sp³-hybridized carbons (Fsp3) is 0.333. The van der Waals surface area contributed by atoms with Gasteiger partial charge in [-0.15, -0.1) is 11.3 Å². The smallest absolute Gasteiger partial charge is 0.126 e. The second-order valence-corrected chi connectivity index (χ2v) is 5.62. The van der Waals surface area contributed by atoms with Crippen LogP contribution in [-0.2, 0) is 6.42 Å². The molecule has 0 aliphatic heterocycles. The zero-order valence-electron chi connectivity index (χ0n) is 11.0. The molecule has 0 bridgehead atoms. The zero-order chi connectivity index (χ0) is 13.8. The predicted molar refractivity (Wildman–Crippen MR) is 75.5 cm³/mol. The molecule has 2 rings (SSSR count). The molecule has 0 amide bonds. The molecule has 102 valence electrons. The molecule has 1 N–H and O–H groups in total. The Hall–Kier alpha value is -1.26. The molecular weight excluding hydrogens is 264 g/mol. The summed E-state index contributed by atoms with van der Waals surface area (Å²) in [5.41, 5.74) is 1.96. The molecule has 0 aliphatic rings. The third-order valence-corrected chi connectivity index (χ3v) is 4.28. The summed E-state index contributed by atoms with van der Waals surface area (Å²) in [6, 6.07) is 6.02. The van der Waals surface area contributed by atoms with Crippen molar-refractivity contribution in [3.8, 4) is 0 Å². The molecule has 1 aromatic heterocycles. The van der Waals surface area contributed by atoms with E-state index in [9.17, 15) is 8.78 Å². The van der Waals surface area contributed by atoms with Crippen molar-refractivity contribution in [1.82, 2.24) is 5.32 Å². The van der Waals surface area contributed by atoms with Crippen molar-refractivity contribution in [1.29, 1.82) is 0 Å². The number of nitrogens with one attached hydrogen (secondary N) is 1. The quantitative estimate of drug-likeness (QED) is 0.865. The maximum Gasteiger partial charge on any atom is 0.126 e. The highest BCUT2D eigenvalue weighted by Crippen LogP contribution is 2.23. The number of benzene rings is 1. The first-order valence-electron chi connectivity index (χ1n) is 6.28. The van der Waals surface area contributed by atoms with Gasteiger partial charge in [-0.1, -0.05) is 0 Å². The van der Waals surface area contributed by atoms with E-state index in [2.05, 4.69) is 30.6 Å². The summed E-state index contributed by atoms with van der Waals surface area (Å²) in [5.74, 6) is -1.03. The molecule has 1 atom stereocenters. The number of hydrogen-bond donors (Lipinski definition) is 1. The lowest BCUT2D eigenvalue weighted by Crippen LogP contribution is -2.21. The van der Waals surface area contributed by atoms with Gasteiger partial charge in [0, 0.05) is 17.0 Å². The van der Waals surface area contributed by atoms with Crippen molar-refractivity contribution >= 4 is 11.3 Å². The van der Waals surface area contributed by atoms with E-state index < -0.39 is 11.6 Å². The summed E-state index contributed by atoms with van der Waals surface area (Å²) in [7, 11) is 0. The van der Waals surface area contributed by atoms with Crippen LogP contribution < -0.4 is 5.32 Å². The molecule has 1 unspecified atom stereocenters. The van der Waals surface area contributed by atoms with E-state index in [4.69, 9.17) is 0 Å². The van der Waals surface area contributed by atoms with Crippen LogP contribution in [0.25, 0.3) is 0 Å². The largest absolute Gasteiger partial charge is 0.309 e. The minimum Gasteiger partial charge on any atom is -0.309 e. The average molecular weight is 281 g/mol. The molecule has 1 heterocycles. The molecule has 1 aromatic carbocycles. The van der Waals surface area contributed by atoms with Crippen molar-refractivity contribution in [2.24, 2.45) is 0 Å². The van der Waals surface area contributed by atoms with Crippen LogP contribution >= 0.6 is 11.3 Å². The van der Waals surface area contributed by atoms with E-state index in [1.165, 1.54) is 22.6 Å². The fourth-order valence-corrected chi connectivity index (χ4v) is 3.07. The Morgan fingerprint density at radius 2 is 1.89 bits per heavy atom. The van der Waals surface area contributed by atoms with E-state index in [0.717, 1.165) is 6.07 Å². The van der Waals surface area contributed by atoms with Crippen LogP contribution in [0, 0.1) is 18.6 Å². The van der Waals surface area contributed by atoms with Gasteiger partial charge in [-0.05, 0) is 61.5 Å². The highest BCUT2D eigenvalue weighted by atomic mass is 32.1. The van der Waals surface area contributed by atoms with E-state index in [-0.39, 0.29) is 6.04 Å². The Bertz CT molecular complexity index is 531. The van der Waals surface area contributed by atoms with Crippen molar-refractivity contribution in [3.05, 3.63) is 57.3 Å². The molecule has 0 fully saturated rings. The van der Waals surface area contributed by atoms with Gasteiger partial charge >= 0.3 is 0 Å². The van der Waals surface area contributed by atoms with E-state index in [0.29, 0.717) is 18.5 Å².